The third kappa shape index (κ3) is 1.89. The molecule has 0 aliphatic rings. The van der Waals surface area contributed by atoms with Gasteiger partial charge in [0.15, 0.2) is 12.2 Å². The van der Waals surface area contributed by atoms with Crippen LogP contribution in [0.15, 0.2) is 17.1 Å². The summed E-state index contributed by atoms with van der Waals surface area (Å²) in [5, 5.41) is 0. The zero-order valence-corrected chi connectivity index (χ0v) is 5.61. The summed E-state index contributed by atoms with van der Waals surface area (Å²) in [6, 6.07) is 0. The van der Waals surface area contributed by atoms with Crippen LogP contribution < -0.4 is 5.73 Å². The number of nitrogens with two attached hydrogens (primary N) is 1. The van der Waals surface area contributed by atoms with E-state index in [1.54, 1.807) is 0 Å². The normalized spacial score (nSPS) is 9.45. The first-order valence-electron chi connectivity index (χ1n) is 2.90. The van der Waals surface area contributed by atoms with Crippen molar-refractivity contribution in [3.05, 3.63) is 18.4 Å². The van der Waals surface area contributed by atoms with Crippen molar-refractivity contribution in [2.45, 2.75) is 6.42 Å². The Labute approximate surface area is 62.2 Å². The van der Waals surface area contributed by atoms with Gasteiger partial charge in [-0.3, -0.25) is 9.59 Å². The Balaban J connectivity index is 2.64. The van der Waals surface area contributed by atoms with Gasteiger partial charge in [-0.05, 0) is 0 Å². The Kier molecular flexibility index (Phi) is 2.00. The highest BCUT2D eigenvalue weighted by atomic mass is 16.3. The molecule has 1 amide bonds. The van der Waals surface area contributed by atoms with E-state index >= 15 is 0 Å². The van der Waals surface area contributed by atoms with Crippen LogP contribution in [0.2, 0.25) is 0 Å². The summed E-state index contributed by atoms with van der Waals surface area (Å²) in [5.41, 5.74) is 4.91. The van der Waals surface area contributed by atoms with Crippen LogP contribution in [0.3, 0.4) is 0 Å². The van der Waals surface area contributed by atoms with Gasteiger partial charge in [0, 0.05) is 0 Å². The van der Waals surface area contributed by atoms with E-state index in [9.17, 15) is 9.59 Å². The summed E-state index contributed by atoms with van der Waals surface area (Å²) >= 11 is 0. The van der Waals surface area contributed by atoms with E-state index in [2.05, 4.69) is 9.40 Å². The molecule has 0 unspecified atom stereocenters. The smallest absolute Gasteiger partial charge is 0.225 e. The number of hydrogen-bond donors (Lipinski definition) is 1. The fraction of sp³-hybridized carbons (Fsp3) is 0.167. The van der Waals surface area contributed by atoms with E-state index in [0.29, 0.717) is 0 Å². The molecule has 1 heterocycles. The zero-order chi connectivity index (χ0) is 8.27. The van der Waals surface area contributed by atoms with Crippen LogP contribution in [0.25, 0.3) is 0 Å². The standard InChI is InChI=1S/C6H6N2O3/c7-6(10)1-5(9)4-2-11-3-8-4/h2-3H,1H2,(H2,7,10). The van der Waals surface area contributed by atoms with Gasteiger partial charge >= 0.3 is 0 Å². The Morgan fingerprint density at radius 3 is 2.82 bits per heavy atom. The number of rotatable bonds is 3. The lowest BCUT2D eigenvalue weighted by Crippen LogP contribution is -2.16. The molecular formula is C6H6N2O3. The molecule has 0 saturated carbocycles. The van der Waals surface area contributed by atoms with Crippen LogP contribution in [-0.2, 0) is 4.79 Å². The lowest BCUT2D eigenvalue weighted by atomic mass is 10.2. The number of amides is 1. The van der Waals surface area contributed by atoms with Gasteiger partial charge in [0.25, 0.3) is 0 Å². The SMILES string of the molecule is NC(=O)CC(=O)c1cocn1. The van der Waals surface area contributed by atoms with Gasteiger partial charge in [-0.2, -0.15) is 0 Å². The molecular weight excluding hydrogens is 148 g/mol. The highest BCUT2D eigenvalue weighted by Crippen LogP contribution is 1.98. The van der Waals surface area contributed by atoms with Crippen molar-refractivity contribution in [1.82, 2.24) is 4.98 Å². The quantitative estimate of drug-likeness (QED) is 0.479. The zero-order valence-electron chi connectivity index (χ0n) is 5.61. The van der Waals surface area contributed by atoms with E-state index in [4.69, 9.17) is 5.73 Å². The summed E-state index contributed by atoms with van der Waals surface area (Å²) < 4.78 is 4.53. The van der Waals surface area contributed by atoms with Crippen LogP contribution in [-0.4, -0.2) is 16.7 Å². The van der Waals surface area contributed by atoms with Crippen LogP contribution >= 0.6 is 0 Å². The summed E-state index contributed by atoms with van der Waals surface area (Å²) in [5.74, 6) is -1.09. The highest BCUT2D eigenvalue weighted by molar-refractivity contribution is 6.05. The number of Topliss-reactive ketones (excluding diaryl/α,β-unsaturated/α-hetero) is 1. The van der Waals surface area contributed by atoms with Crippen molar-refractivity contribution in [2.24, 2.45) is 5.73 Å². The summed E-state index contributed by atoms with van der Waals surface area (Å²) in [7, 11) is 0. The Morgan fingerprint density at radius 1 is 1.64 bits per heavy atom. The number of ketones is 1. The molecule has 5 nitrogen and oxygen atoms in total. The maximum Gasteiger partial charge on any atom is 0.225 e. The molecule has 1 aromatic heterocycles. The Hall–Kier alpha value is -1.65. The Bertz CT molecular complexity index is 265. The van der Waals surface area contributed by atoms with E-state index < -0.39 is 11.7 Å². The molecule has 11 heavy (non-hydrogen) atoms. The topological polar surface area (TPSA) is 86.2 Å². The van der Waals surface area contributed by atoms with Gasteiger partial charge in [-0.1, -0.05) is 0 Å². The van der Waals surface area contributed by atoms with Crippen LogP contribution in [0.5, 0.6) is 0 Å². The van der Waals surface area contributed by atoms with Crippen molar-refractivity contribution in [3.63, 3.8) is 0 Å². The second-order valence-electron chi connectivity index (χ2n) is 1.94. The first kappa shape index (κ1) is 7.46. The maximum absolute atomic E-state index is 10.9. The van der Waals surface area contributed by atoms with Crippen molar-refractivity contribution in [3.8, 4) is 0 Å². The molecule has 1 aromatic rings. The minimum Gasteiger partial charge on any atom is -0.451 e. The molecule has 0 atom stereocenters. The number of hydrogen-bond acceptors (Lipinski definition) is 4. The lowest BCUT2D eigenvalue weighted by molar-refractivity contribution is -0.117. The van der Waals surface area contributed by atoms with Gasteiger partial charge in [-0.25, -0.2) is 4.98 Å². The van der Waals surface area contributed by atoms with Crippen LogP contribution in [0.4, 0.5) is 0 Å². The fourth-order valence-corrected chi connectivity index (χ4v) is 0.599. The number of carbonyl (C=O) groups excluding carboxylic acids is 2. The molecule has 0 spiro atoms. The molecule has 0 aliphatic carbocycles. The predicted octanol–water partition coefficient (Wildman–Crippen LogP) is -0.267. The molecule has 1 rings (SSSR count). The Morgan fingerprint density at radius 2 is 2.36 bits per heavy atom. The maximum atomic E-state index is 10.9. The molecule has 0 fully saturated rings. The van der Waals surface area contributed by atoms with Crippen molar-refractivity contribution < 1.29 is 14.0 Å². The second-order valence-corrected chi connectivity index (χ2v) is 1.94. The van der Waals surface area contributed by atoms with Gasteiger partial charge in [-0.15, -0.1) is 0 Å². The van der Waals surface area contributed by atoms with Gasteiger partial charge in [0.2, 0.25) is 5.91 Å². The third-order valence-corrected chi connectivity index (χ3v) is 1.05. The molecule has 0 saturated heterocycles. The van der Waals surface area contributed by atoms with E-state index in [0.717, 1.165) is 6.39 Å². The number of nitrogens with zero attached hydrogens (tertiary/aromatic N) is 1. The number of oxazole rings is 1. The highest BCUT2D eigenvalue weighted by Gasteiger charge is 2.10. The molecule has 0 aromatic carbocycles. The molecule has 58 valence electrons. The third-order valence-electron chi connectivity index (χ3n) is 1.05. The van der Waals surface area contributed by atoms with Crippen molar-refractivity contribution in [2.75, 3.05) is 0 Å². The van der Waals surface area contributed by atoms with Gasteiger partial charge in [0.05, 0.1) is 6.42 Å². The minimum absolute atomic E-state index is 0.129. The van der Waals surface area contributed by atoms with E-state index in [1.165, 1.54) is 6.26 Å². The first-order chi connectivity index (χ1) is 5.20. The predicted molar refractivity (Wildman–Crippen MR) is 34.6 cm³/mol. The second kappa shape index (κ2) is 2.96. The summed E-state index contributed by atoms with van der Waals surface area (Å²) in [6.45, 7) is 0. The van der Waals surface area contributed by atoms with Crippen molar-refractivity contribution >= 4 is 11.7 Å². The summed E-state index contributed by atoms with van der Waals surface area (Å²) in [4.78, 5) is 24.7. The first-order valence-corrected chi connectivity index (χ1v) is 2.90. The largest absolute Gasteiger partial charge is 0.451 e. The molecule has 5 heteroatoms. The van der Waals surface area contributed by atoms with E-state index in [-0.39, 0.29) is 12.1 Å². The summed E-state index contributed by atoms with van der Waals surface area (Å²) in [6.07, 6.45) is 1.96. The van der Waals surface area contributed by atoms with Crippen LogP contribution in [0, 0.1) is 0 Å². The van der Waals surface area contributed by atoms with Gasteiger partial charge < -0.3 is 10.2 Å². The van der Waals surface area contributed by atoms with Gasteiger partial charge in [0.1, 0.15) is 12.0 Å². The minimum atomic E-state index is -0.669. The molecule has 0 bridgehead atoms. The lowest BCUT2D eigenvalue weighted by Gasteiger charge is -1.88. The number of aromatic nitrogens is 1. The number of primary amides is 1. The molecule has 2 N–H and O–H groups in total. The monoisotopic (exact) mass is 154 g/mol. The van der Waals surface area contributed by atoms with Crippen molar-refractivity contribution in [1.29, 1.82) is 0 Å². The number of carbonyl (C=O) groups is 2. The average molecular weight is 154 g/mol. The molecule has 0 aliphatic heterocycles. The fourth-order valence-electron chi connectivity index (χ4n) is 0.599. The van der Waals surface area contributed by atoms with E-state index in [1.807, 2.05) is 0 Å². The molecule has 0 radical (unpaired) electrons. The van der Waals surface area contributed by atoms with Crippen LogP contribution in [0.1, 0.15) is 16.9 Å². The average Bonchev–Trinajstić information content (AvgIpc) is 2.35.